The van der Waals surface area contributed by atoms with Crippen LogP contribution in [0.4, 0.5) is 0 Å². The first-order valence-corrected chi connectivity index (χ1v) is 14.6. The minimum absolute atomic E-state index is 0.0842. The molecule has 2 aromatic carbocycles. The standard InChI is InChI=1S/C32H39N5O5/c1-36(18-22-12-6-9-15-27(22)42-2)31(40)26(16-23-17-33-25-14-8-7-13-24(23)25)34-28(38)19-37-20-29(39)35-30(32(37)41)21-10-4-3-5-11-21/h6-9,12-15,17,21,26,30,33H,3-5,10-11,16,18-20H2,1-2H3,(H,34,38)(H,35,39). The van der Waals surface area contributed by atoms with Crippen molar-refractivity contribution in [2.45, 2.75) is 57.2 Å². The third-order valence-electron chi connectivity index (χ3n) is 8.39. The van der Waals surface area contributed by atoms with Crippen molar-refractivity contribution in [3.63, 3.8) is 0 Å². The second kappa shape index (κ2) is 13.1. The summed E-state index contributed by atoms with van der Waals surface area (Å²) in [6.07, 6.45) is 7.08. The second-order valence-corrected chi connectivity index (χ2v) is 11.3. The predicted octanol–water partition coefficient (Wildman–Crippen LogP) is 2.77. The average molecular weight is 574 g/mol. The van der Waals surface area contributed by atoms with Gasteiger partial charge in [-0.2, -0.15) is 0 Å². The number of nitrogens with one attached hydrogen (secondary N) is 3. The van der Waals surface area contributed by atoms with Gasteiger partial charge in [-0.15, -0.1) is 0 Å². The Bertz CT molecular complexity index is 1450. The molecule has 4 amide bonds. The van der Waals surface area contributed by atoms with Gasteiger partial charge in [0.1, 0.15) is 30.9 Å². The first kappa shape index (κ1) is 29.2. The Morgan fingerprint density at radius 1 is 1.05 bits per heavy atom. The zero-order valence-electron chi connectivity index (χ0n) is 24.2. The molecule has 0 bridgehead atoms. The van der Waals surface area contributed by atoms with Gasteiger partial charge in [0.25, 0.3) is 0 Å². The molecule has 1 aromatic heterocycles. The molecule has 1 saturated carbocycles. The summed E-state index contributed by atoms with van der Waals surface area (Å²) in [5, 5.41) is 6.71. The molecule has 5 rings (SSSR count). The van der Waals surface area contributed by atoms with Crippen molar-refractivity contribution < 1.29 is 23.9 Å². The maximum absolute atomic E-state index is 13.8. The molecular formula is C32H39N5O5. The maximum Gasteiger partial charge on any atom is 0.246 e. The normalized spacial score (nSPS) is 18.4. The van der Waals surface area contributed by atoms with Gasteiger partial charge in [-0.25, -0.2) is 0 Å². The molecule has 2 atom stereocenters. The third-order valence-corrected chi connectivity index (χ3v) is 8.39. The minimum atomic E-state index is -0.890. The molecule has 1 saturated heterocycles. The van der Waals surface area contributed by atoms with Crippen LogP contribution in [0.5, 0.6) is 5.75 Å². The van der Waals surface area contributed by atoms with E-state index in [0.717, 1.165) is 54.1 Å². The Hall–Kier alpha value is -4.34. The number of rotatable bonds is 10. The zero-order chi connectivity index (χ0) is 29.6. The molecule has 2 aliphatic rings. The minimum Gasteiger partial charge on any atom is -0.496 e. The molecule has 0 spiro atoms. The highest BCUT2D eigenvalue weighted by molar-refractivity contribution is 5.98. The summed E-state index contributed by atoms with van der Waals surface area (Å²) >= 11 is 0. The number of carbonyl (C=O) groups excluding carboxylic acids is 4. The van der Waals surface area contributed by atoms with Gasteiger partial charge in [-0.3, -0.25) is 19.2 Å². The van der Waals surface area contributed by atoms with Crippen LogP contribution >= 0.6 is 0 Å². The molecule has 1 aliphatic carbocycles. The van der Waals surface area contributed by atoms with Gasteiger partial charge in [-0.05, 0) is 36.5 Å². The van der Waals surface area contributed by atoms with Gasteiger partial charge in [0.15, 0.2) is 0 Å². The van der Waals surface area contributed by atoms with Crippen molar-refractivity contribution in [2.24, 2.45) is 5.92 Å². The Morgan fingerprint density at radius 2 is 1.79 bits per heavy atom. The fraction of sp³-hybridized carbons (Fsp3) is 0.438. The Kier molecular flexibility index (Phi) is 9.09. The number of nitrogens with zero attached hydrogens (tertiary/aromatic N) is 2. The number of benzene rings is 2. The molecule has 42 heavy (non-hydrogen) atoms. The van der Waals surface area contributed by atoms with Crippen molar-refractivity contribution in [2.75, 3.05) is 27.2 Å². The van der Waals surface area contributed by atoms with Gasteiger partial charge < -0.3 is 30.2 Å². The Morgan fingerprint density at radius 3 is 2.57 bits per heavy atom. The van der Waals surface area contributed by atoms with Crippen LogP contribution in [-0.4, -0.2) is 77.7 Å². The van der Waals surface area contributed by atoms with E-state index in [-0.39, 0.29) is 49.7 Å². The van der Waals surface area contributed by atoms with Crippen molar-refractivity contribution >= 4 is 34.5 Å². The van der Waals surface area contributed by atoms with Gasteiger partial charge >= 0.3 is 0 Å². The van der Waals surface area contributed by atoms with Crippen LogP contribution in [0.25, 0.3) is 10.9 Å². The lowest BCUT2D eigenvalue weighted by Crippen LogP contribution is -2.62. The van der Waals surface area contributed by atoms with E-state index in [1.165, 1.54) is 4.90 Å². The summed E-state index contributed by atoms with van der Waals surface area (Å²) in [5.41, 5.74) is 2.67. The van der Waals surface area contributed by atoms with E-state index in [2.05, 4.69) is 15.6 Å². The van der Waals surface area contributed by atoms with Gasteiger partial charge in [-0.1, -0.05) is 55.7 Å². The number of methoxy groups -OCH3 is 1. The molecule has 0 radical (unpaired) electrons. The highest BCUT2D eigenvalue weighted by Crippen LogP contribution is 2.28. The maximum atomic E-state index is 13.8. The van der Waals surface area contributed by atoms with Gasteiger partial charge in [0.05, 0.1) is 7.11 Å². The van der Waals surface area contributed by atoms with E-state index in [9.17, 15) is 19.2 Å². The summed E-state index contributed by atoms with van der Waals surface area (Å²) < 4.78 is 5.46. The summed E-state index contributed by atoms with van der Waals surface area (Å²) in [7, 11) is 3.28. The van der Waals surface area contributed by atoms with Crippen molar-refractivity contribution in [3.8, 4) is 5.75 Å². The number of piperazine rings is 1. The van der Waals surface area contributed by atoms with Crippen molar-refractivity contribution in [3.05, 3.63) is 65.9 Å². The molecule has 2 heterocycles. The summed E-state index contributed by atoms with van der Waals surface area (Å²) in [5.74, 6) is -0.498. The predicted molar refractivity (Wildman–Crippen MR) is 158 cm³/mol. The lowest BCUT2D eigenvalue weighted by atomic mass is 9.82. The van der Waals surface area contributed by atoms with Crippen LogP contribution in [0, 0.1) is 5.92 Å². The average Bonchev–Trinajstić information content (AvgIpc) is 3.41. The number of ether oxygens (including phenoxy) is 1. The first-order chi connectivity index (χ1) is 20.3. The molecule has 10 nitrogen and oxygen atoms in total. The van der Waals surface area contributed by atoms with Crippen molar-refractivity contribution in [1.29, 1.82) is 0 Å². The highest BCUT2D eigenvalue weighted by atomic mass is 16.5. The van der Waals surface area contributed by atoms with E-state index in [1.807, 2.05) is 54.7 Å². The van der Waals surface area contributed by atoms with E-state index < -0.39 is 18.0 Å². The van der Waals surface area contributed by atoms with E-state index in [4.69, 9.17) is 4.74 Å². The van der Waals surface area contributed by atoms with Crippen LogP contribution in [0.2, 0.25) is 0 Å². The monoisotopic (exact) mass is 573 g/mol. The van der Waals surface area contributed by atoms with Crippen LogP contribution in [-0.2, 0) is 32.1 Å². The Labute approximate surface area is 245 Å². The molecule has 2 fully saturated rings. The SMILES string of the molecule is COc1ccccc1CN(C)C(=O)C(Cc1c[nH]c2ccccc12)NC(=O)CN1CC(=O)NC(C2CCCCC2)C1=O. The fourth-order valence-electron chi connectivity index (χ4n) is 6.22. The number of H-pyrrole nitrogens is 1. The van der Waals surface area contributed by atoms with Crippen LogP contribution < -0.4 is 15.4 Å². The summed E-state index contributed by atoms with van der Waals surface area (Å²) in [6.45, 7) is -0.176. The number of hydrogen-bond acceptors (Lipinski definition) is 5. The number of amides is 4. The molecule has 3 N–H and O–H groups in total. The highest BCUT2D eigenvalue weighted by Gasteiger charge is 2.39. The first-order valence-electron chi connectivity index (χ1n) is 14.6. The number of aromatic amines is 1. The van der Waals surface area contributed by atoms with Gasteiger partial charge in [0.2, 0.25) is 23.6 Å². The number of fused-ring (bicyclic) bond motifs is 1. The third kappa shape index (κ3) is 6.58. The molecule has 10 heteroatoms. The topological polar surface area (TPSA) is 124 Å². The Balaban J connectivity index is 1.32. The number of para-hydroxylation sites is 2. The fourth-order valence-corrected chi connectivity index (χ4v) is 6.22. The summed E-state index contributed by atoms with van der Waals surface area (Å²) in [6, 6.07) is 13.8. The molecule has 2 unspecified atom stereocenters. The van der Waals surface area contributed by atoms with Gasteiger partial charge in [0, 0.05) is 42.7 Å². The van der Waals surface area contributed by atoms with Crippen LogP contribution in [0.1, 0.15) is 43.2 Å². The smallest absolute Gasteiger partial charge is 0.246 e. The van der Waals surface area contributed by atoms with E-state index in [0.29, 0.717) is 5.75 Å². The lowest BCUT2D eigenvalue weighted by Gasteiger charge is -2.37. The molecule has 3 aromatic rings. The zero-order valence-corrected chi connectivity index (χ0v) is 24.2. The quantitative estimate of drug-likeness (QED) is 0.344. The van der Waals surface area contributed by atoms with Crippen molar-refractivity contribution in [1.82, 2.24) is 25.4 Å². The molecular weight excluding hydrogens is 534 g/mol. The van der Waals surface area contributed by atoms with Crippen LogP contribution in [0.15, 0.2) is 54.7 Å². The molecule has 1 aliphatic heterocycles. The number of hydrogen-bond donors (Lipinski definition) is 3. The largest absolute Gasteiger partial charge is 0.496 e. The number of carbonyl (C=O) groups is 4. The lowest BCUT2D eigenvalue weighted by molar-refractivity contribution is -0.148. The number of likely N-dealkylation sites (N-methyl/N-ethyl adjacent to an activating group) is 1. The molecule has 222 valence electrons. The summed E-state index contributed by atoms with van der Waals surface area (Å²) in [4.78, 5) is 59.2. The van der Waals surface area contributed by atoms with Crippen LogP contribution in [0.3, 0.4) is 0 Å². The van der Waals surface area contributed by atoms with E-state index in [1.54, 1.807) is 19.1 Å². The number of aromatic nitrogens is 1. The second-order valence-electron chi connectivity index (χ2n) is 11.3. The van der Waals surface area contributed by atoms with E-state index >= 15 is 0 Å².